The fraction of sp³-hybridized carbons (Fsp3) is 0.333. The summed E-state index contributed by atoms with van der Waals surface area (Å²) in [5.74, 6) is 0.128. The predicted octanol–water partition coefficient (Wildman–Crippen LogP) is 1.61. The average molecular weight is 299 g/mol. The lowest BCUT2D eigenvalue weighted by Crippen LogP contribution is -2.25. The molecule has 0 atom stereocenters. The van der Waals surface area contributed by atoms with Gasteiger partial charge in [0.1, 0.15) is 5.82 Å². The second kappa shape index (κ2) is 5.29. The van der Waals surface area contributed by atoms with Crippen molar-refractivity contribution in [1.29, 1.82) is 0 Å². The lowest BCUT2D eigenvalue weighted by Gasteiger charge is -2.11. The van der Waals surface area contributed by atoms with Gasteiger partial charge in [-0.25, -0.2) is 17.5 Å². The standard InChI is InChI=1S/C12H14FN3O3S/c1-7-4-10(13)5-8(2)12(7)20(17,18)14-6-11-15-9(3)16-19-11/h4-5,14H,6H2,1-3H3. The van der Waals surface area contributed by atoms with Gasteiger partial charge in [-0.3, -0.25) is 0 Å². The number of aryl methyl sites for hydroxylation is 3. The fourth-order valence-corrected chi connectivity index (χ4v) is 3.39. The van der Waals surface area contributed by atoms with E-state index in [2.05, 4.69) is 14.9 Å². The largest absolute Gasteiger partial charge is 0.338 e. The van der Waals surface area contributed by atoms with Crippen LogP contribution in [0, 0.1) is 26.6 Å². The van der Waals surface area contributed by atoms with Crippen molar-refractivity contribution in [3.8, 4) is 0 Å². The first kappa shape index (κ1) is 14.6. The van der Waals surface area contributed by atoms with Crippen LogP contribution in [0.2, 0.25) is 0 Å². The molecule has 0 saturated heterocycles. The number of sulfonamides is 1. The topological polar surface area (TPSA) is 85.1 Å². The van der Waals surface area contributed by atoms with Crippen LogP contribution in [0.5, 0.6) is 0 Å². The third-order valence-electron chi connectivity index (χ3n) is 2.68. The Morgan fingerprint density at radius 1 is 1.25 bits per heavy atom. The zero-order valence-electron chi connectivity index (χ0n) is 11.3. The van der Waals surface area contributed by atoms with E-state index in [1.165, 1.54) is 12.1 Å². The van der Waals surface area contributed by atoms with E-state index in [1.54, 1.807) is 20.8 Å². The summed E-state index contributed by atoms with van der Waals surface area (Å²) in [7, 11) is -3.77. The first-order valence-electron chi connectivity index (χ1n) is 5.85. The van der Waals surface area contributed by atoms with Gasteiger partial charge in [0.15, 0.2) is 5.82 Å². The van der Waals surface area contributed by atoms with Crippen LogP contribution < -0.4 is 4.72 Å². The number of halogens is 1. The highest BCUT2D eigenvalue weighted by atomic mass is 32.2. The van der Waals surface area contributed by atoms with Gasteiger partial charge in [-0.1, -0.05) is 5.16 Å². The molecule has 0 spiro atoms. The second-order valence-corrected chi connectivity index (χ2v) is 6.13. The molecule has 108 valence electrons. The van der Waals surface area contributed by atoms with Crippen LogP contribution in [0.3, 0.4) is 0 Å². The predicted molar refractivity (Wildman–Crippen MR) is 68.9 cm³/mol. The lowest BCUT2D eigenvalue weighted by atomic mass is 10.1. The molecule has 1 N–H and O–H groups in total. The minimum atomic E-state index is -3.77. The van der Waals surface area contributed by atoms with E-state index in [9.17, 15) is 12.8 Å². The molecule has 0 unspecified atom stereocenters. The van der Waals surface area contributed by atoms with Crippen molar-refractivity contribution < 1.29 is 17.3 Å². The van der Waals surface area contributed by atoms with Crippen molar-refractivity contribution in [3.63, 3.8) is 0 Å². The Hall–Kier alpha value is -1.80. The Morgan fingerprint density at radius 2 is 1.85 bits per heavy atom. The summed E-state index contributed by atoms with van der Waals surface area (Å²) in [6.45, 7) is 4.61. The molecule has 1 aromatic carbocycles. The Balaban J connectivity index is 2.27. The molecule has 6 nitrogen and oxygen atoms in total. The van der Waals surface area contributed by atoms with E-state index in [0.29, 0.717) is 17.0 Å². The molecule has 1 aromatic heterocycles. The smallest absolute Gasteiger partial charge is 0.241 e. The second-order valence-electron chi connectivity index (χ2n) is 4.43. The Labute approximate surface area is 116 Å². The summed E-state index contributed by atoms with van der Waals surface area (Å²) in [6, 6.07) is 2.36. The molecule has 8 heteroatoms. The van der Waals surface area contributed by atoms with Crippen LogP contribution in [0.4, 0.5) is 4.39 Å². The van der Waals surface area contributed by atoms with Crippen LogP contribution in [-0.4, -0.2) is 18.6 Å². The summed E-state index contributed by atoms with van der Waals surface area (Å²) in [6.07, 6.45) is 0. The molecule has 2 rings (SSSR count). The highest BCUT2D eigenvalue weighted by Crippen LogP contribution is 2.21. The van der Waals surface area contributed by atoms with Gasteiger partial charge in [0.25, 0.3) is 0 Å². The van der Waals surface area contributed by atoms with Gasteiger partial charge in [0.2, 0.25) is 15.9 Å². The van der Waals surface area contributed by atoms with Gasteiger partial charge in [0.05, 0.1) is 11.4 Å². The quantitative estimate of drug-likeness (QED) is 0.927. The van der Waals surface area contributed by atoms with Gasteiger partial charge in [-0.15, -0.1) is 0 Å². The maximum absolute atomic E-state index is 13.2. The van der Waals surface area contributed by atoms with Crippen molar-refractivity contribution in [2.75, 3.05) is 0 Å². The minimum absolute atomic E-state index is 0.0649. The van der Waals surface area contributed by atoms with Gasteiger partial charge < -0.3 is 4.52 Å². The van der Waals surface area contributed by atoms with Crippen molar-refractivity contribution in [3.05, 3.63) is 40.8 Å². The number of nitrogens with one attached hydrogen (secondary N) is 1. The zero-order valence-corrected chi connectivity index (χ0v) is 12.1. The Morgan fingerprint density at radius 3 is 2.35 bits per heavy atom. The van der Waals surface area contributed by atoms with Gasteiger partial charge in [-0.05, 0) is 44.0 Å². The van der Waals surface area contributed by atoms with Gasteiger partial charge in [-0.2, -0.15) is 4.98 Å². The maximum atomic E-state index is 13.2. The van der Waals surface area contributed by atoms with E-state index in [-0.39, 0.29) is 17.3 Å². The highest BCUT2D eigenvalue weighted by molar-refractivity contribution is 7.89. The molecular weight excluding hydrogens is 285 g/mol. The molecule has 0 radical (unpaired) electrons. The fourth-order valence-electron chi connectivity index (χ4n) is 1.96. The normalized spacial score (nSPS) is 11.8. The maximum Gasteiger partial charge on any atom is 0.241 e. The molecule has 0 aliphatic carbocycles. The van der Waals surface area contributed by atoms with Crippen molar-refractivity contribution in [1.82, 2.24) is 14.9 Å². The van der Waals surface area contributed by atoms with Crippen molar-refractivity contribution in [2.24, 2.45) is 0 Å². The number of nitrogens with zero attached hydrogens (tertiary/aromatic N) is 2. The Bertz CT molecular complexity index is 717. The van der Waals surface area contributed by atoms with E-state index in [1.807, 2.05) is 0 Å². The number of aromatic nitrogens is 2. The summed E-state index contributed by atoms with van der Waals surface area (Å²) in [5.41, 5.74) is 0.688. The lowest BCUT2D eigenvalue weighted by molar-refractivity contribution is 0.372. The van der Waals surface area contributed by atoms with E-state index in [4.69, 9.17) is 4.52 Å². The van der Waals surface area contributed by atoms with Gasteiger partial charge >= 0.3 is 0 Å². The highest BCUT2D eigenvalue weighted by Gasteiger charge is 2.21. The number of benzene rings is 1. The zero-order chi connectivity index (χ0) is 14.9. The molecule has 0 fully saturated rings. The van der Waals surface area contributed by atoms with Crippen molar-refractivity contribution in [2.45, 2.75) is 32.2 Å². The number of hydrogen-bond donors (Lipinski definition) is 1. The summed E-state index contributed by atoms with van der Waals surface area (Å²) in [5, 5.41) is 3.57. The monoisotopic (exact) mass is 299 g/mol. The third-order valence-corrected chi connectivity index (χ3v) is 4.38. The van der Waals surface area contributed by atoms with Crippen LogP contribution >= 0.6 is 0 Å². The molecule has 0 saturated carbocycles. The Kier molecular flexibility index (Phi) is 3.87. The molecule has 0 aliphatic rings. The van der Waals surface area contributed by atoms with E-state index < -0.39 is 15.8 Å². The van der Waals surface area contributed by atoms with Gasteiger partial charge in [0, 0.05) is 0 Å². The van der Waals surface area contributed by atoms with E-state index >= 15 is 0 Å². The molecule has 2 aromatic rings. The summed E-state index contributed by atoms with van der Waals surface area (Å²) in [4.78, 5) is 3.97. The van der Waals surface area contributed by atoms with Crippen LogP contribution in [0.15, 0.2) is 21.6 Å². The molecule has 0 amide bonds. The van der Waals surface area contributed by atoms with Crippen LogP contribution in [0.25, 0.3) is 0 Å². The van der Waals surface area contributed by atoms with Crippen molar-refractivity contribution >= 4 is 10.0 Å². The molecule has 1 heterocycles. The molecular formula is C12H14FN3O3S. The molecule has 20 heavy (non-hydrogen) atoms. The summed E-state index contributed by atoms with van der Waals surface area (Å²) >= 11 is 0. The SMILES string of the molecule is Cc1noc(CNS(=O)(=O)c2c(C)cc(F)cc2C)n1. The minimum Gasteiger partial charge on any atom is -0.338 e. The number of hydrogen-bond acceptors (Lipinski definition) is 5. The molecule has 0 aliphatic heterocycles. The van der Waals surface area contributed by atoms with Crippen LogP contribution in [-0.2, 0) is 16.6 Å². The van der Waals surface area contributed by atoms with E-state index in [0.717, 1.165) is 0 Å². The summed E-state index contributed by atoms with van der Waals surface area (Å²) < 4.78 is 44.9. The number of rotatable bonds is 4. The third kappa shape index (κ3) is 3.02. The average Bonchev–Trinajstić information content (AvgIpc) is 2.71. The van der Waals surface area contributed by atoms with Crippen LogP contribution in [0.1, 0.15) is 22.8 Å². The first-order valence-corrected chi connectivity index (χ1v) is 7.33. The molecule has 0 bridgehead atoms. The first-order chi connectivity index (χ1) is 9.29.